The van der Waals surface area contributed by atoms with Crippen LogP contribution in [0, 0.1) is 0 Å². The normalized spacial score (nSPS) is 11.3. The molecule has 0 aliphatic carbocycles. The van der Waals surface area contributed by atoms with Gasteiger partial charge in [0.05, 0.1) is 13.7 Å². The zero-order chi connectivity index (χ0) is 15.5. The van der Waals surface area contributed by atoms with Crippen molar-refractivity contribution in [2.24, 2.45) is 0 Å². The number of ether oxygens (including phenoxy) is 2. The second-order valence-corrected chi connectivity index (χ2v) is 4.13. The van der Waals surface area contributed by atoms with Crippen molar-refractivity contribution in [3.05, 3.63) is 42.1 Å². The number of hydrogen-bond donors (Lipinski definition) is 1. The predicted molar refractivity (Wildman–Crippen MR) is 68.8 cm³/mol. The highest BCUT2D eigenvalue weighted by molar-refractivity contribution is 5.70. The lowest BCUT2D eigenvalue weighted by atomic mass is 10.0. The van der Waals surface area contributed by atoms with Gasteiger partial charge in [0.25, 0.3) is 0 Å². The monoisotopic (exact) mass is 299 g/mol. The fraction of sp³-hybridized carbons (Fsp3) is 0.214. The quantitative estimate of drug-likeness (QED) is 0.942. The summed E-state index contributed by atoms with van der Waals surface area (Å²) in [5.74, 6) is -0.0120. The summed E-state index contributed by atoms with van der Waals surface area (Å²) in [6.45, 7) is -0.289. The van der Waals surface area contributed by atoms with Gasteiger partial charge < -0.3 is 14.6 Å². The van der Waals surface area contributed by atoms with Crippen LogP contribution in [0.5, 0.6) is 11.6 Å². The Morgan fingerprint density at radius 3 is 2.48 bits per heavy atom. The van der Waals surface area contributed by atoms with Gasteiger partial charge in [0.1, 0.15) is 5.75 Å². The number of nitrogens with zero attached hydrogens (tertiary/aromatic N) is 1. The van der Waals surface area contributed by atoms with Crippen molar-refractivity contribution in [2.45, 2.75) is 13.0 Å². The molecule has 2 aromatic rings. The minimum atomic E-state index is -4.80. The number of aromatic nitrogens is 1. The molecule has 1 aromatic heterocycles. The molecule has 0 fully saturated rings. The number of pyridine rings is 1. The fourth-order valence-corrected chi connectivity index (χ4v) is 1.78. The van der Waals surface area contributed by atoms with E-state index in [4.69, 9.17) is 9.84 Å². The first kappa shape index (κ1) is 15.1. The minimum absolute atomic E-state index is 0.189. The van der Waals surface area contributed by atoms with Crippen LogP contribution in [-0.2, 0) is 6.61 Å². The lowest BCUT2D eigenvalue weighted by molar-refractivity contribution is -0.274. The number of rotatable bonds is 4. The highest BCUT2D eigenvalue weighted by Crippen LogP contribution is 2.34. The van der Waals surface area contributed by atoms with E-state index < -0.39 is 6.36 Å². The van der Waals surface area contributed by atoms with E-state index in [1.165, 1.54) is 37.6 Å². The van der Waals surface area contributed by atoms with E-state index in [2.05, 4.69) is 9.72 Å². The molecule has 0 unspecified atom stereocenters. The van der Waals surface area contributed by atoms with E-state index in [-0.39, 0.29) is 17.9 Å². The summed E-state index contributed by atoms with van der Waals surface area (Å²) in [5, 5.41) is 9.12. The van der Waals surface area contributed by atoms with E-state index in [0.29, 0.717) is 17.0 Å². The predicted octanol–water partition coefficient (Wildman–Crippen LogP) is 3.15. The first-order chi connectivity index (χ1) is 9.93. The Kier molecular flexibility index (Phi) is 4.32. The molecule has 0 saturated heterocycles. The molecular formula is C14H12F3NO3. The Hall–Kier alpha value is -2.28. The van der Waals surface area contributed by atoms with Crippen molar-refractivity contribution in [3.8, 4) is 22.8 Å². The zero-order valence-corrected chi connectivity index (χ0v) is 11.0. The van der Waals surface area contributed by atoms with Crippen molar-refractivity contribution in [1.82, 2.24) is 4.98 Å². The summed E-state index contributed by atoms with van der Waals surface area (Å²) in [5.41, 5.74) is 1.08. The van der Waals surface area contributed by atoms with Crippen LogP contribution in [0.2, 0.25) is 0 Å². The van der Waals surface area contributed by atoms with Crippen LogP contribution in [-0.4, -0.2) is 23.6 Å². The first-order valence-corrected chi connectivity index (χ1v) is 5.93. The van der Waals surface area contributed by atoms with E-state index in [0.717, 1.165) is 0 Å². The fourth-order valence-electron chi connectivity index (χ4n) is 1.78. The maximum absolute atomic E-state index is 12.4. The molecule has 0 aliphatic rings. The van der Waals surface area contributed by atoms with Crippen LogP contribution in [0.3, 0.4) is 0 Å². The molecule has 7 heteroatoms. The number of aliphatic hydroxyl groups excluding tert-OH is 1. The molecule has 21 heavy (non-hydrogen) atoms. The summed E-state index contributed by atoms with van der Waals surface area (Å²) < 4.78 is 46.2. The van der Waals surface area contributed by atoms with Crippen molar-refractivity contribution in [2.75, 3.05) is 7.11 Å². The summed E-state index contributed by atoms with van der Waals surface area (Å²) in [6.07, 6.45) is -3.42. The second-order valence-electron chi connectivity index (χ2n) is 4.13. The first-order valence-electron chi connectivity index (χ1n) is 5.93. The lowest BCUT2D eigenvalue weighted by Gasteiger charge is -2.14. The Morgan fingerprint density at radius 2 is 1.95 bits per heavy atom. The van der Waals surface area contributed by atoms with Gasteiger partial charge in [-0.1, -0.05) is 6.07 Å². The average Bonchev–Trinajstić information content (AvgIpc) is 2.46. The van der Waals surface area contributed by atoms with Crippen molar-refractivity contribution >= 4 is 0 Å². The third-order valence-electron chi connectivity index (χ3n) is 2.71. The van der Waals surface area contributed by atoms with E-state index in [1.54, 1.807) is 6.07 Å². The number of benzene rings is 1. The molecule has 0 radical (unpaired) electrons. The molecule has 1 heterocycles. The maximum Gasteiger partial charge on any atom is 0.573 e. The number of methoxy groups -OCH3 is 1. The van der Waals surface area contributed by atoms with E-state index in [9.17, 15) is 13.2 Å². The Morgan fingerprint density at radius 1 is 1.19 bits per heavy atom. The van der Waals surface area contributed by atoms with Crippen molar-refractivity contribution in [3.63, 3.8) is 0 Å². The summed E-state index contributed by atoms with van der Waals surface area (Å²) >= 11 is 0. The Balaban J connectivity index is 2.47. The molecule has 0 aliphatic heterocycles. The maximum atomic E-state index is 12.4. The van der Waals surface area contributed by atoms with Gasteiger partial charge >= 0.3 is 6.36 Å². The third-order valence-corrected chi connectivity index (χ3v) is 2.71. The van der Waals surface area contributed by atoms with Gasteiger partial charge in [-0.15, -0.1) is 13.2 Å². The highest BCUT2D eigenvalue weighted by Gasteiger charge is 2.32. The smallest absolute Gasteiger partial charge is 0.481 e. The van der Waals surface area contributed by atoms with Gasteiger partial charge in [0.15, 0.2) is 0 Å². The van der Waals surface area contributed by atoms with Crippen LogP contribution in [0.4, 0.5) is 13.2 Å². The molecule has 112 valence electrons. The molecule has 0 amide bonds. The summed E-state index contributed by atoms with van der Waals surface area (Å²) in [4.78, 5) is 3.95. The minimum Gasteiger partial charge on any atom is -0.481 e. The van der Waals surface area contributed by atoms with Crippen molar-refractivity contribution < 1.29 is 27.8 Å². The average molecular weight is 299 g/mol. The van der Waals surface area contributed by atoms with Gasteiger partial charge in [-0.25, -0.2) is 4.98 Å². The standard InChI is InChI=1S/C14H12F3NO3/c1-20-13-5-3-10(7-18-13)11-6-9(8-19)2-4-12(11)21-14(15,16)17/h2-7,19H,8H2,1H3. The highest BCUT2D eigenvalue weighted by atomic mass is 19.4. The van der Waals surface area contributed by atoms with Crippen LogP contribution in [0.1, 0.15) is 5.56 Å². The number of hydrogen-bond acceptors (Lipinski definition) is 4. The number of aliphatic hydroxyl groups is 1. The van der Waals surface area contributed by atoms with Gasteiger partial charge in [0, 0.05) is 23.4 Å². The molecule has 0 bridgehead atoms. The Bertz CT molecular complexity index is 612. The van der Waals surface area contributed by atoms with Gasteiger partial charge in [0.2, 0.25) is 5.88 Å². The Labute approximate surface area is 118 Å². The van der Waals surface area contributed by atoms with Gasteiger partial charge in [-0.05, 0) is 23.8 Å². The molecule has 1 aromatic carbocycles. The molecule has 0 atom stereocenters. The van der Waals surface area contributed by atoms with Crippen LogP contribution in [0.25, 0.3) is 11.1 Å². The lowest BCUT2D eigenvalue weighted by Crippen LogP contribution is -2.17. The number of halogens is 3. The van der Waals surface area contributed by atoms with Crippen LogP contribution in [0.15, 0.2) is 36.5 Å². The van der Waals surface area contributed by atoms with E-state index in [1.807, 2.05) is 0 Å². The number of alkyl halides is 3. The van der Waals surface area contributed by atoms with Gasteiger partial charge in [-0.2, -0.15) is 0 Å². The molecule has 0 saturated carbocycles. The topological polar surface area (TPSA) is 51.6 Å². The summed E-state index contributed by atoms with van der Waals surface area (Å²) in [6, 6.07) is 7.04. The SMILES string of the molecule is COc1ccc(-c2cc(CO)ccc2OC(F)(F)F)cn1. The molecule has 4 nitrogen and oxygen atoms in total. The zero-order valence-electron chi connectivity index (χ0n) is 11.0. The van der Waals surface area contributed by atoms with Crippen molar-refractivity contribution in [1.29, 1.82) is 0 Å². The third kappa shape index (κ3) is 3.85. The second kappa shape index (κ2) is 6.01. The summed E-state index contributed by atoms with van der Waals surface area (Å²) in [7, 11) is 1.44. The molecular weight excluding hydrogens is 287 g/mol. The molecule has 2 rings (SSSR count). The van der Waals surface area contributed by atoms with Crippen LogP contribution >= 0.6 is 0 Å². The molecule has 0 spiro atoms. The van der Waals surface area contributed by atoms with Gasteiger partial charge in [-0.3, -0.25) is 0 Å². The molecule has 1 N–H and O–H groups in total. The largest absolute Gasteiger partial charge is 0.573 e. The van der Waals surface area contributed by atoms with E-state index >= 15 is 0 Å². The van der Waals surface area contributed by atoms with Crippen LogP contribution < -0.4 is 9.47 Å².